The lowest BCUT2D eigenvalue weighted by Gasteiger charge is -2.36. The monoisotopic (exact) mass is 331 g/mol. The molecular formula is C19H29N3O2. The molecule has 2 rings (SSSR count). The summed E-state index contributed by atoms with van der Waals surface area (Å²) in [4.78, 5) is 25.5. The van der Waals surface area contributed by atoms with Crippen molar-refractivity contribution in [1.29, 1.82) is 0 Å². The first-order chi connectivity index (χ1) is 11.5. The number of aryl methyl sites for hydroxylation is 1. The molecule has 132 valence electrons. The number of anilines is 1. The molecule has 0 spiro atoms. The number of benzene rings is 1. The zero-order valence-electron chi connectivity index (χ0n) is 14.8. The normalized spacial score (nSPS) is 16.4. The summed E-state index contributed by atoms with van der Waals surface area (Å²) in [6.45, 7) is 4.63. The van der Waals surface area contributed by atoms with E-state index < -0.39 is 5.54 Å². The van der Waals surface area contributed by atoms with Crippen molar-refractivity contribution in [1.82, 2.24) is 10.6 Å². The molecule has 0 heterocycles. The number of rotatable bonds is 6. The van der Waals surface area contributed by atoms with Crippen LogP contribution in [0.2, 0.25) is 0 Å². The average molecular weight is 331 g/mol. The summed E-state index contributed by atoms with van der Waals surface area (Å²) in [6, 6.07) is 5.29. The standard InChI is InChI=1S/C19H29N3O2/c1-3-4-12-21-18(24)19(10-6-5-7-11-19)22-17(23)16-13-15(20)9-8-14(16)2/h8-9,13H,3-7,10-12,20H2,1-2H3,(H,21,24)(H,22,23). The highest BCUT2D eigenvalue weighted by molar-refractivity contribution is 6.00. The van der Waals surface area contributed by atoms with E-state index in [2.05, 4.69) is 17.6 Å². The fourth-order valence-electron chi connectivity index (χ4n) is 3.28. The third-order valence-electron chi connectivity index (χ3n) is 4.82. The molecule has 1 aliphatic carbocycles. The van der Waals surface area contributed by atoms with Crippen LogP contribution in [0, 0.1) is 6.92 Å². The molecule has 1 aromatic rings. The van der Waals surface area contributed by atoms with Crippen LogP contribution < -0.4 is 16.4 Å². The molecule has 5 nitrogen and oxygen atoms in total. The zero-order chi connectivity index (χ0) is 17.6. The van der Waals surface area contributed by atoms with Crippen molar-refractivity contribution in [3.8, 4) is 0 Å². The van der Waals surface area contributed by atoms with E-state index in [1.165, 1.54) is 0 Å². The Balaban J connectivity index is 2.17. The van der Waals surface area contributed by atoms with Crippen LogP contribution >= 0.6 is 0 Å². The Morgan fingerprint density at radius 1 is 1.21 bits per heavy atom. The first kappa shape index (κ1) is 18.3. The first-order valence-corrected chi connectivity index (χ1v) is 8.95. The minimum absolute atomic E-state index is 0.0504. The van der Waals surface area contributed by atoms with Gasteiger partial charge in [0, 0.05) is 17.8 Å². The van der Waals surface area contributed by atoms with Gasteiger partial charge in [-0.1, -0.05) is 38.7 Å². The number of nitrogen functional groups attached to an aromatic ring is 1. The van der Waals surface area contributed by atoms with Gasteiger partial charge in [-0.2, -0.15) is 0 Å². The Hall–Kier alpha value is -2.04. The number of hydrogen-bond donors (Lipinski definition) is 3. The molecule has 5 heteroatoms. The first-order valence-electron chi connectivity index (χ1n) is 8.95. The van der Waals surface area contributed by atoms with E-state index in [1.807, 2.05) is 13.0 Å². The molecule has 1 fully saturated rings. The summed E-state index contributed by atoms with van der Waals surface area (Å²) >= 11 is 0. The van der Waals surface area contributed by atoms with E-state index >= 15 is 0 Å². The van der Waals surface area contributed by atoms with E-state index in [1.54, 1.807) is 12.1 Å². The Kier molecular flexibility index (Phi) is 6.23. The Bertz CT molecular complexity index is 592. The Labute approximate surface area is 144 Å². The fraction of sp³-hybridized carbons (Fsp3) is 0.579. The molecule has 2 amide bonds. The lowest BCUT2D eigenvalue weighted by atomic mass is 9.80. The van der Waals surface area contributed by atoms with Gasteiger partial charge in [-0.05, 0) is 43.9 Å². The van der Waals surface area contributed by atoms with Gasteiger partial charge in [0.05, 0.1) is 0 Å². The highest BCUT2D eigenvalue weighted by Crippen LogP contribution is 2.29. The second kappa shape index (κ2) is 8.18. The molecule has 1 aromatic carbocycles. The van der Waals surface area contributed by atoms with Crippen LogP contribution in [0.3, 0.4) is 0 Å². The quantitative estimate of drug-likeness (QED) is 0.553. The maximum absolute atomic E-state index is 12.8. The lowest BCUT2D eigenvalue weighted by molar-refractivity contribution is -0.128. The molecule has 0 atom stereocenters. The van der Waals surface area contributed by atoms with Crippen LogP contribution in [0.15, 0.2) is 18.2 Å². The van der Waals surface area contributed by atoms with E-state index in [-0.39, 0.29) is 11.8 Å². The second-order valence-corrected chi connectivity index (χ2v) is 6.78. The zero-order valence-corrected chi connectivity index (χ0v) is 14.8. The van der Waals surface area contributed by atoms with Crippen LogP contribution in [-0.4, -0.2) is 23.9 Å². The molecular weight excluding hydrogens is 302 g/mol. The van der Waals surface area contributed by atoms with Crippen molar-refractivity contribution in [3.63, 3.8) is 0 Å². The van der Waals surface area contributed by atoms with Crippen molar-refractivity contribution in [2.45, 2.75) is 64.3 Å². The SMILES string of the molecule is CCCCNC(=O)C1(NC(=O)c2cc(N)ccc2C)CCCCC1. The third kappa shape index (κ3) is 4.28. The summed E-state index contributed by atoms with van der Waals surface area (Å²) in [7, 11) is 0. The minimum atomic E-state index is -0.792. The summed E-state index contributed by atoms with van der Waals surface area (Å²) in [5.41, 5.74) is 6.98. The van der Waals surface area contributed by atoms with Crippen LogP contribution in [0.25, 0.3) is 0 Å². The summed E-state index contributed by atoms with van der Waals surface area (Å²) in [6.07, 6.45) is 6.38. The number of carbonyl (C=O) groups excluding carboxylic acids is 2. The molecule has 0 radical (unpaired) electrons. The van der Waals surface area contributed by atoms with Gasteiger partial charge in [-0.25, -0.2) is 0 Å². The van der Waals surface area contributed by atoms with Crippen LogP contribution in [0.1, 0.15) is 67.8 Å². The van der Waals surface area contributed by atoms with Crippen molar-refractivity contribution in [3.05, 3.63) is 29.3 Å². The maximum atomic E-state index is 12.8. The topological polar surface area (TPSA) is 84.2 Å². The van der Waals surface area contributed by atoms with Gasteiger partial charge in [0.2, 0.25) is 5.91 Å². The lowest BCUT2D eigenvalue weighted by Crippen LogP contribution is -2.59. The van der Waals surface area contributed by atoms with Crippen molar-refractivity contribution >= 4 is 17.5 Å². The predicted octanol–water partition coefficient (Wildman–Crippen LogP) is 2.93. The molecule has 0 unspecified atom stereocenters. The smallest absolute Gasteiger partial charge is 0.252 e. The summed E-state index contributed by atoms with van der Waals surface area (Å²) in [5, 5.41) is 6.04. The number of hydrogen-bond acceptors (Lipinski definition) is 3. The van der Waals surface area contributed by atoms with Gasteiger partial charge in [0.1, 0.15) is 5.54 Å². The number of unbranched alkanes of at least 4 members (excludes halogenated alkanes) is 1. The maximum Gasteiger partial charge on any atom is 0.252 e. The minimum Gasteiger partial charge on any atom is -0.399 e. The van der Waals surface area contributed by atoms with Crippen LogP contribution in [-0.2, 0) is 4.79 Å². The largest absolute Gasteiger partial charge is 0.399 e. The fourth-order valence-corrected chi connectivity index (χ4v) is 3.28. The molecule has 4 N–H and O–H groups in total. The van der Waals surface area contributed by atoms with Gasteiger partial charge in [-0.15, -0.1) is 0 Å². The molecule has 0 bridgehead atoms. The van der Waals surface area contributed by atoms with Crippen LogP contribution in [0.4, 0.5) is 5.69 Å². The Morgan fingerprint density at radius 3 is 2.58 bits per heavy atom. The van der Waals surface area contributed by atoms with Gasteiger partial charge in [-0.3, -0.25) is 9.59 Å². The molecule has 1 saturated carbocycles. The third-order valence-corrected chi connectivity index (χ3v) is 4.82. The Morgan fingerprint density at radius 2 is 1.92 bits per heavy atom. The number of amides is 2. The summed E-state index contributed by atoms with van der Waals surface area (Å²) in [5.74, 6) is -0.266. The molecule has 24 heavy (non-hydrogen) atoms. The molecule has 1 aliphatic rings. The van der Waals surface area contributed by atoms with Gasteiger partial charge >= 0.3 is 0 Å². The second-order valence-electron chi connectivity index (χ2n) is 6.78. The number of carbonyl (C=O) groups is 2. The van der Waals surface area contributed by atoms with Gasteiger partial charge in [0.25, 0.3) is 5.91 Å². The average Bonchev–Trinajstić information content (AvgIpc) is 2.58. The van der Waals surface area contributed by atoms with Crippen molar-refractivity contribution < 1.29 is 9.59 Å². The van der Waals surface area contributed by atoms with Crippen molar-refractivity contribution in [2.75, 3.05) is 12.3 Å². The van der Waals surface area contributed by atoms with Gasteiger partial charge < -0.3 is 16.4 Å². The van der Waals surface area contributed by atoms with E-state index in [0.29, 0.717) is 30.6 Å². The predicted molar refractivity (Wildman–Crippen MR) is 96.8 cm³/mol. The van der Waals surface area contributed by atoms with E-state index in [0.717, 1.165) is 37.7 Å². The number of nitrogens with one attached hydrogen (secondary N) is 2. The van der Waals surface area contributed by atoms with Crippen molar-refractivity contribution in [2.24, 2.45) is 0 Å². The molecule has 0 saturated heterocycles. The molecule has 0 aromatic heterocycles. The van der Waals surface area contributed by atoms with E-state index in [9.17, 15) is 9.59 Å². The highest BCUT2D eigenvalue weighted by Gasteiger charge is 2.40. The molecule has 0 aliphatic heterocycles. The van der Waals surface area contributed by atoms with Crippen LogP contribution in [0.5, 0.6) is 0 Å². The summed E-state index contributed by atoms with van der Waals surface area (Å²) < 4.78 is 0. The van der Waals surface area contributed by atoms with E-state index in [4.69, 9.17) is 5.73 Å². The van der Waals surface area contributed by atoms with Gasteiger partial charge in [0.15, 0.2) is 0 Å². The highest BCUT2D eigenvalue weighted by atomic mass is 16.2. The number of nitrogens with two attached hydrogens (primary N) is 1.